The molecule has 2 unspecified atom stereocenters. The molecule has 240 valence electrons. The highest BCUT2D eigenvalue weighted by Crippen LogP contribution is 2.43. The Hall–Kier alpha value is -3.54. The highest BCUT2D eigenvalue weighted by atomic mass is 32.1. The maximum absolute atomic E-state index is 13.8. The van der Waals surface area contributed by atoms with Gasteiger partial charge in [-0.1, -0.05) is 6.07 Å². The number of hydrogen-bond acceptors (Lipinski definition) is 8. The van der Waals surface area contributed by atoms with Crippen molar-refractivity contribution in [2.24, 2.45) is 0 Å². The van der Waals surface area contributed by atoms with E-state index in [1.54, 1.807) is 28.9 Å². The number of rotatable bonds is 5. The molecule has 5 rings (SSSR count). The summed E-state index contributed by atoms with van der Waals surface area (Å²) in [6, 6.07) is 8.29. The Morgan fingerprint density at radius 2 is 1.73 bits per heavy atom. The minimum atomic E-state index is -5.08. The SMILES string of the molecule is Cc1ccsc1CN1CC(c2cccnc2)C2(C1)OCCN(Cc1ccsc1)C2=O.O=C(O)C(F)(F)F.O=C(O)C(F)(F)F. The van der Waals surface area contributed by atoms with Crippen LogP contribution in [0.25, 0.3) is 0 Å². The van der Waals surface area contributed by atoms with Gasteiger partial charge in [-0.2, -0.15) is 37.7 Å². The molecule has 0 saturated carbocycles. The smallest absolute Gasteiger partial charge is 0.475 e. The van der Waals surface area contributed by atoms with Crippen LogP contribution in [0.4, 0.5) is 26.3 Å². The number of carbonyl (C=O) groups excluding carboxylic acids is 1. The van der Waals surface area contributed by atoms with Crippen LogP contribution in [0.5, 0.6) is 0 Å². The van der Waals surface area contributed by atoms with Crippen molar-refractivity contribution in [3.8, 4) is 0 Å². The number of pyridine rings is 1. The first-order valence-corrected chi connectivity index (χ1v) is 14.6. The first-order valence-electron chi connectivity index (χ1n) is 12.7. The van der Waals surface area contributed by atoms with Gasteiger partial charge in [0.2, 0.25) is 0 Å². The topological polar surface area (TPSA) is 120 Å². The predicted molar refractivity (Wildman–Crippen MR) is 147 cm³/mol. The number of alkyl halides is 6. The van der Waals surface area contributed by atoms with Crippen molar-refractivity contribution < 1.29 is 55.7 Å². The predicted octanol–water partition coefficient (Wildman–Crippen LogP) is 5.18. The van der Waals surface area contributed by atoms with E-state index in [-0.39, 0.29) is 11.8 Å². The van der Waals surface area contributed by atoms with Gasteiger partial charge in [0.1, 0.15) is 0 Å². The molecule has 1 spiro atoms. The second kappa shape index (κ2) is 14.5. The van der Waals surface area contributed by atoms with Gasteiger partial charge < -0.3 is 19.8 Å². The summed E-state index contributed by atoms with van der Waals surface area (Å²) >= 11 is 3.45. The number of thiophene rings is 2. The molecule has 2 fully saturated rings. The van der Waals surface area contributed by atoms with E-state index < -0.39 is 29.9 Å². The fourth-order valence-electron chi connectivity index (χ4n) is 4.64. The first-order chi connectivity index (χ1) is 20.5. The number of likely N-dealkylation sites (tertiary alicyclic amines) is 1. The third kappa shape index (κ3) is 8.99. The van der Waals surface area contributed by atoms with Crippen LogP contribution in [-0.4, -0.2) is 87.0 Å². The molecular formula is C27H27F6N3O6S2. The third-order valence-corrected chi connectivity index (χ3v) is 8.43. The lowest BCUT2D eigenvalue weighted by Crippen LogP contribution is -2.59. The van der Waals surface area contributed by atoms with Crippen LogP contribution < -0.4 is 0 Å². The molecule has 0 radical (unpaired) electrons. The van der Waals surface area contributed by atoms with Crippen molar-refractivity contribution in [1.29, 1.82) is 0 Å². The van der Waals surface area contributed by atoms with Gasteiger partial charge in [0.05, 0.1) is 6.61 Å². The molecule has 44 heavy (non-hydrogen) atoms. The maximum atomic E-state index is 13.8. The van der Waals surface area contributed by atoms with Crippen LogP contribution in [-0.2, 0) is 32.2 Å². The average molecular weight is 668 g/mol. The van der Waals surface area contributed by atoms with Gasteiger partial charge in [0.25, 0.3) is 5.91 Å². The molecule has 2 aliphatic heterocycles. The summed E-state index contributed by atoms with van der Waals surface area (Å²) in [7, 11) is 0. The molecule has 0 aliphatic carbocycles. The summed E-state index contributed by atoms with van der Waals surface area (Å²) in [5.41, 5.74) is 2.73. The summed E-state index contributed by atoms with van der Waals surface area (Å²) in [4.78, 5) is 41.7. The Morgan fingerprint density at radius 3 is 2.23 bits per heavy atom. The van der Waals surface area contributed by atoms with Crippen LogP contribution >= 0.6 is 22.7 Å². The molecule has 9 nitrogen and oxygen atoms in total. The van der Waals surface area contributed by atoms with Gasteiger partial charge in [0, 0.05) is 55.9 Å². The summed E-state index contributed by atoms with van der Waals surface area (Å²) in [6.45, 7) is 6.27. The molecule has 5 heterocycles. The van der Waals surface area contributed by atoms with Gasteiger partial charge in [-0.25, -0.2) is 9.59 Å². The number of hydrogen-bond donors (Lipinski definition) is 2. The van der Waals surface area contributed by atoms with Crippen molar-refractivity contribution >= 4 is 40.5 Å². The lowest BCUT2D eigenvalue weighted by molar-refractivity contribution is -0.193. The number of carboxylic acids is 2. The summed E-state index contributed by atoms with van der Waals surface area (Å²) in [5.74, 6) is -5.43. The number of halogens is 6. The lowest BCUT2D eigenvalue weighted by Gasteiger charge is -2.42. The van der Waals surface area contributed by atoms with Crippen LogP contribution in [0.15, 0.2) is 52.8 Å². The van der Waals surface area contributed by atoms with Crippen molar-refractivity contribution in [2.45, 2.75) is 43.9 Å². The van der Waals surface area contributed by atoms with Crippen LogP contribution in [0, 0.1) is 6.92 Å². The quantitative estimate of drug-likeness (QED) is 0.358. The molecule has 17 heteroatoms. The van der Waals surface area contributed by atoms with E-state index in [2.05, 4.69) is 51.1 Å². The van der Waals surface area contributed by atoms with Crippen LogP contribution in [0.1, 0.15) is 27.5 Å². The summed E-state index contributed by atoms with van der Waals surface area (Å²) in [6.07, 6.45) is -6.49. The van der Waals surface area contributed by atoms with E-state index in [1.165, 1.54) is 16.0 Å². The number of carboxylic acid groups (broad SMARTS) is 2. The van der Waals surface area contributed by atoms with Gasteiger partial charge in [-0.3, -0.25) is 14.7 Å². The minimum absolute atomic E-state index is 0.0238. The van der Waals surface area contributed by atoms with E-state index >= 15 is 0 Å². The number of aryl methyl sites for hydroxylation is 1. The summed E-state index contributed by atoms with van der Waals surface area (Å²) < 4.78 is 69.9. The number of carbonyl (C=O) groups is 3. The van der Waals surface area contributed by atoms with E-state index in [0.717, 1.165) is 18.7 Å². The Balaban J connectivity index is 0.000000317. The standard InChI is InChI=1S/C23H25N3O2S2.2C2HF3O2/c1-17-4-10-30-21(17)14-25-13-20(19-3-2-6-24-11-19)23(16-25)22(27)26(7-8-28-23)12-18-5-9-29-15-18;2*3-2(4,5)1(6)7/h2-6,9-11,15,20H,7-8,12-14,16H2,1H3;2*(H,6,7). The molecule has 2 atom stereocenters. The molecule has 3 aromatic heterocycles. The number of ether oxygens (including phenoxy) is 1. The van der Waals surface area contributed by atoms with Crippen LogP contribution in [0.3, 0.4) is 0 Å². The molecule has 2 N–H and O–H groups in total. The van der Waals surface area contributed by atoms with Crippen molar-refractivity contribution in [3.63, 3.8) is 0 Å². The van der Waals surface area contributed by atoms with Gasteiger partial charge >= 0.3 is 24.3 Å². The van der Waals surface area contributed by atoms with Crippen molar-refractivity contribution in [1.82, 2.24) is 14.8 Å². The Bertz CT molecular complexity index is 1380. The number of morpholine rings is 1. The molecule has 0 aromatic carbocycles. The molecule has 3 aromatic rings. The highest BCUT2D eigenvalue weighted by Gasteiger charge is 2.57. The normalized spacial score (nSPS) is 20.5. The lowest BCUT2D eigenvalue weighted by atomic mass is 9.83. The maximum Gasteiger partial charge on any atom is 0.490 e. The Labute approximate surface area is 255 Å². The number of amides is 1. The van der Waals surface area contributed by atoms with Gasteiger partial charge in [0.15, 0.2) is 5.60 Å². The minimum Gasteiger partial charge on any atom is -0.475 e. The zero-order chi connectivity index (χ0) is 32.7. The Morgan fingerprint density at radius 1 is 1.07 bits per heavy atom. The largest absolute Gasteiger partial charge is 0.490 e. The molecule has 0 bridgehead atoms. The second-order valence-corrected chi connectivity index (χ2v) is 11.5. The molecule has 1 amide bonds. The average Bonchev–Trinajstić information content (AvgIpc) is 3.69. The third-order valence-electron chi connectivity index (χ3n) is 6.69. The van der Waals surface area contributed by atoms with E-state index in [9.17, 15) is 31.1 Å². The Kier molecular flexibility index (Phi) is 11.5. The van der Waals surface area contributed by atoms with Gasteiger partial charge in [-0.05, 0) is 58.0 Å². The molecular weight excluding hydrogens is 640 g/mol. The van der Waals surface area contributed by atoms with E-state index in [0.29, 0.717) is 26.2 Å². The van der Waals surface area contributed by atoms with E-state index in [1.807, 2.05) is 17.2 Å². The number of aliphatic carboxylic acids is 2. The first kappa shape index (κ1) is 34.9. The zero-order valence-corrected chi connectivity index (χ0v) is 24.6. The number of nitrogens with zero attached hydrogens (tertiary/aromatic N) is 3. The highest BCUT2D eigenvalue weighted by molar-refractivity contribution is 7.10. The number of aromatic nitrogens is 1. The second-order valence-electron chi connectivity index (χ2n) is 9.74. The van der Waals surface area contributed by atoms with E-state index in [4.69, 9.17) is 24.5 Å². The fraction of sp³-hybridized carbons (Fsp3) is 0.407. The molecule has 2 saturated heterocycles. The van der Waals surface area contributed by atoms with Gasteiger partial charge in [-0.15, -0.1) is 11.3 Å². The van der Waals surface area contributed by atoms with Crippen LogP contribution in [0.2, 0.25) is 0 Å². The summed E-state index contributed by atoms with van der Waals surface area (Å²) in [5, 5.41) is 20.6. The van der Waals surface area contributed by atoms with Crippen molar-refractivity contribution in [3.05, 3.63) is 74.4 Å². The monoisotopic (exact) mass is 667 g/mol. The zero-order valence-electron chi connectivity index (χ0n) is 23.0. The molecule has 2 aliphatic rings. The van der Waals surface area contributed by atoms with Crippen molar-refractivity contribution in [2.75, 3.05) is 26.2 Å². The fourth-order valence-corrected chi connectivity index (χ4v) is 6.25.